The fraction of sp³-hybridized carbons (Fsp3) is 0.316. The number of benzene rings is 2. The van der Waals surface area contributed by atoms with Crippen LogP contribution < -0.4 is 14.8 Å². The lowest BCUT2D eigenvalue weighted by atomic mass is 10.1. The van der Waals surface area contributed by atoms with Gasteiger partial charge in [0.05, 0.1) is 20.3 Å². The largest absolute Gasteiger partial charge is 0.493 e. The minimum atomic E-state index is -0.279. The molecule has 0 aliphatic heterocycles. The van der Waals surface area contributed by atoms with Crippen LogP contribution in [-0.2, 0) is 11.2 Å². The zero-order valence-corrected chi connectivity index (χ0v) is 14.1. The normalized spacial score (nSPS) is 11.7. The van der Waals surface area contributed by atoms with E-state index < -0.39 is 0 Å². The van der Waals surface area contributed by atoms with Crippen LogP contribution >= 0.6 is 0 Å². The lowest BCUT2D eigenvalue weighted by molar-refractivity contribution is -0.121. The average molecular weight is 331 g/mol. The van der Waals surface area contributed by atoms with Crippen molar-refractivity contribution in [2.24, 2.45) is 0 Å². The van der Waals surface area contributed by atoms with Crippen LogP contribution in [0, 0.1) is 5.82 Å². The molecule has 0 spiro atoms. The van der Waals surface area contributed by atoms with Crippen LogP contribution in [0.3, 0.4) is 0 Å². The van der Waals surface area contributed by atoms with E-state index in [1.54, 1.807) is 38.5 Å². The van der Waals surface area contributed by atoms with Gasteiger partial charge in [-0.25, -0.2) is 4.39 Å². The van der Waals surface area contributed by atoms with Gasteiger partial charge in [0.15, 0.2) is 11.5 Å². The van der Waals surface area contributed by atoms with E-state index >= 15 is 0 Å². The number of nitrogens with one attached hydrogen (secondary N) is 1. The smallest absolute Gasteiger partial charge is 0.220 e. The fourth-order valence-electron chi connectivity index (χ4n) is 2.47. The molecule has 1 N–H and O–H groups in total. The first-order valence-electron chi connectivity index (χ1n) is 7.80. The Bertz CT molecular complexity index is 703. The highest BCUT2D eigenvalue weighted by molar-refractivity contribution is 5.76. The van der Waals surface area contributed by atoms with E-state index in [1.807, 2.05) is 19.1 Å². The van der Waals surface area contributed by atoms with E-state index in [0.717, 1.165) is 5.56 Å². The highest BCUT2D eigenvalue weighted by Crippen LogP contribution is 2.29. The summed E-state index contributed by atoms with van der Waals surface area (Å²) in [6.45, 7) is 1.89. The maximum Gasteiger partial charge on any atom is 0.220 e. The van der Waals surface area contributed by atoms with E-state index in [4.69, 9.17) is 9.47 Å². The lowest BCUT2D eigenvalue weighted by Gasteiger charge is -2.16. The minimum Gasteiger partial charge on any atom is -0.493 e. The monoisotopic (exact) mass is 331 g/mol. The highest BCUT2D eigenvalue weighted by atomic mass is 19.1. The minimum absolute atomic E-state index is 0.125. The molecule has 0 bridgehead atoms. The molecule has 2 rings (SSSR count). The summed E-state index contributed by atoms with van der Waals surface area (Å²) in [5.74, 6) is 0.848. The van der Waals surface area contributed by atoms with Crippen molar-refractivity contribution in [1.29, 1.82) is 0 Å². The maximum absolute atomic E-state index is 13.6. The highest BCUT2D eigenvalue weighted by Gasteiger charge is 2.13. The number of methoxy groups -OCH3 is 2. The number of rotatable bonds is 7. The summed E-state index contributed by atoms with van der Waals surface area (Å²) in [4.78, 5) is 12.1. The van der Waals surface area contributed by atoms with Crippen LogP contribution in [0.25, 0.3) is 0 Å². The third-order valence-electron chi connectivity index (χ3n) is 3.86. The predicted molar refractivity (Wildman–Crippen MR) is 90.8 cm³/mol. The number of hydrogen-bond acceptors (Lipinski definition) is 3. The summed E-state index contributed by atoms with van der Waals surface area (Å²) >= 11 is 0. The van der Waals surface area contributed by atoms with Crippen molar-refractivity contribution in [2.75, 3.05) is 14.2 Å². The molecule has 0 saturated carbocycles. The molecular formula is C19H22FNO3. The Morgan fingerprint density at radius 3 is 2.50 bits per heavy atom. The number of halogens is 1. The van der Waals surface area contributed by atoms with Gasteiger partial charge >= 0.3 is 0 Å². The lowest BCUT2D eigenvalue weighted by Crippen LogP contribution is -2.26. The van der Waals surface area contributed by atoms with E-state index in [0.29, 0.717) is 23.5 Å². The first-order chi connectivity index (χ1) is 11.5. The number of carbonyl (C=O) groups is 1. The Hall–Kier alpha value is -2.56. The third-order valence-corrected chi connectivity index (χ3v) is 3.86. The van der Waals surface area contributed by atoms with Crippen molar-refractivity contribution >= 4 is 5.91 Å². The van der Waals surface area contributed by atoms with Crippen molar-refractivity contribution in [1.82, 2.24) is 5.32 Å². The van der Waals surface area contributed by atoms with Gasteiger partial charge in [-0.2, -0.15) is 0 Å². The predicted octanol–water partition coefficient (Wildman–Crippen LogP) is 3.65. The quantitative estimate of drug-likeness (QED) is 0.842. The molecule has 0 heterocycles. The fourth-order valence-corrected chi connectivity index (χ4v) is 2.47. The van der Waals surface area contributed by atoms with E-state index in [2.05, 4.69) is 5.32 Å². The molecule has 0 radical (unpaired) electrons. The van der Waals surface area contributed by atoms with Gasteiger partial charge in [0.1, 0.15) is 5.82 Å². The van der Waals surface area contributed by atoms with Crippen LogP contribution in [0.2, 0.25) is 0 Å². The molecule has 2 aromatic carbocycles. The molecule has 5 heteroatoms. The van der Waals surface area contributed by atoms with Crippen molar-refractivity contribution in [3.05, 3.63) is 59.4 Å². The average Bonchev–Trinajstić information content (AvgIpc) is 2.60. The van der Waals surface area contributed by atoms with Crippen molar-refractivity contribution in [2.45, 2.75) is 25.8 Å². The second-order valence-electron chi connectivity index (χ2n) is 5.50. The van der Waals surface area contributed by atoms with Crippen LogP contribution in [0.1, 0.15) is 30.5 Å². The first-order valence-corrected chi connectivity index (χ1v) is 7.80. The Balaban J connectivity index is 1.95. The molecule has 128 valence electrons. The van der Waals surface area contributed by atoms with Crippen LogP contribution in [0.15, 0.2) is 42.5 Å². The molecule has 1 atom stereocenters. The van der Waals surface area contributed by atoms with Crippen LogP contribution in [0.5, 0.6) is 11.5 Å². The van der Waals surface area contributed by atoms with Crippen molar-refractivity contribution in [3.8, 4) is 11.5 Å². The molecule has 0 saturated heterocycles. The number of aryl methyl sites for hydroxylation is 1. The number of hydrogen-bond donors (Lipinski definition) is 1. The summed E-state index contributed by atoms with van der Waals surface area (Å²) in [7, 11) is 3.14. The zero-order chi connectivity index (χ0) is 17.5. The molecule has 0 aromatic heterocycles. The molecular weight excluding hydrogens is 309 g/mol. The summed E-state index contributed by atoms with van der Waals surface area (Å²) in [5.41, 5.74) is 1.46. The number of ether oxygens (including phenoxy) is 2. The summed E-state index contributed by atoms with van der Waals surface area (Å²) in [6.07, 6.45) is 0.607. The van der Waals surface area contributed by atoms with Gasteiger partial charge in [-0.15, -0.1) is 0 Å². The molecule has 1 unspecified atom stereocenters. The Kier molecular flexibility index (Phi) is 6.18. The van der Waals surface area contributed by atoms with Crippen LogP contribution in [0.4, 0.5) is 4.39 Å². The number of carbonyl (C=O) groups excluding carboxylic acids is 1. The summed E-state index contributed by atoms with van der Waals surface area (Å²) < 4.78 is 24.0. The molecule has 0 aliphatic carbocycles. The van der Waals surface area contributed by atoms with Gasteiger partial charge in [-0.3, -0.25) is 4.79 Å². The van der Waals surface area contributed by atoms with E-state index in [-0.39, 0.29) is 24.2 Å². The molecule has 1 amide bonds. The standard InChI is InChI=1S/C19H22FNO3/c1-13(15-8-10-17(23-2)18(12-15)24-3)21-19(22)11-9-14-6-4-5-7-16(14)20/h4-8,10,12-13H,9,11H2,1-3H3,(H,21,22). The van der Waals surface area contributed by atoms with Gasteiger partial charge in [-0.1, -0.05) is 24.3 Å². The molecule has 0 fully saturated rings. The SMILES string of the molecule is COc1ccc(C(C)NC(=O)CCc2ccccc2F)cc1OC. The Labute approximate surface area is 141 Å². The molecule has 2 aromatic rings. The summed E-state index contributed by atoms with van der Waals surface area (Å²) in [5, 5.41) is 2.92. The van der Waals surface area contributed by atoms with Crippen molar-refractivity contribution < 1.29 is 18.7 Å². The zero-order valence-electron chi connectivity index (χ0n) is 14.1. The first kappa shape index (κ1) is 17.8. The van der Waals surface area contributed by atoms with E-state index in [9.17, 15) is 9.18 Å². The molecule has 24 heavy (non-hydrogen) atoms. The maximum atomic E-state index is 13.6. The summed E-state index contributed by atoms with van der Waals surface area (Å²) in [6, 6.07) is 11.8. The van der Waals surface area contributed by atoms with E-state index in [1.165, 1.54) is 6.07 Å². The second-order valence-corrected chi connectivity index (χ2v) is 5.50. The van der Waals surface area contributed by atoms with Gasteiger partial charge in [0.25, 0.3) is 0 Å². The van der Waals surface area contributed by atoms with Gasteiger partial charge < -0.3 is 14.8 Å². The second kappa shape index (κ2) is 8.34. The molecule has 0 aliphatic rings. The van der Waals surface area contributed by atoms with Gasteiger partial charge in [0.2, 0.25) is 5.91 Å². The Morgan fingerprint density at radius 1 is 1.12 bits per heavy atom. The van der Waals surface area contributed by atoms with Crippen LogP contribution in [-0.4, -0.2) is 20.1 Å². The topological polar surface area (TPSA) is 47.6 Å². The van der Waals surface area contributed by atoms with Gasteiger partial charge in [0, 0.05) is 6.42 Å². The Morgan fingerprint density at radius 2 is 1.83 bits per heavy atom. The van der Waals surface area contributed by atoms with Crippen molar-refractivity contribution in [3.63, 3.8) is 0 Å². The molecule has 4 nitrogen and oxygen atoms in total. The number of amides is 1. The third kappa shape index (κ3) is 4.47. The van der Waals surface area contributed by atoms with Gasteiger partial charge in [-0.05, 0) is 42.7 Å².